The Hall–Kier alpha value is -2.45. The van der Waals surface area contributed by atoms with Gasteiger partial charge in [0.15, 0.2) is 20.8 Å². The molecule has 3 aromatic rings. The molecule has 0 radical (unpaired) electrons. The van der Waals surface area contributed by atoms with Crippen LogP contribution in [0.1, 0.15) is 21.7 Å². The number of nitrogens with zero attached hydrogens (tertiary/aromatic N) is 3. The zero-order valence-electron chi connectivity index (χ0n) is 15.0. The second-order valence-corrected chi connectivity index (χ2v) is 9.04. The Morgan fingerprint density at radius 1 is 1.04 bits per heavy atom. The van der Waals surface area contributed by atoms with Crippen LogP contribution in [0.5, 0.6) is 0 Å². The molecule has 8 heteroatoms. The van der Waals surface area contributed by atoms with Crippen LogP contribution in [-0.4, -0.2) is 34.7 Å². The number of carbonyl (C=O) groups is 1. The van der Waals surface area contributed by atoms with Crippen LogP contribution in [0.3, 0.4) is 0 Å². The van der Waals surface area contributed by atoms with Crippen LogP contribution in [-0.2, 0) is 22.6 Å². The second-order valence-electron chi connectivity index (χ2n) is 6.11. The number of hydrogen-bond acceptors (Lipinski definition) is 6. The summed E-state index contributed by atoms with van der Waals surface area (Å²) in [6, 6.07) is 15.7. The number of carbonyl (C=O) groups excluding carboxylic acids is 1. The lowest BCUT2D eigenvalue weighted by Crippen LogP contribution is -2.10. The molecule has 0 N–H and O–H groups in total. The molecule has 0 bridgehead atoms. The molecule has 0 atom stereocenters. The zero-order valence-corrected chi connectivity index (χ0v) is 16.6. The third-order valence-corrected chi connectivity index (χ3v) is 6.70. The molecular formula is C19H19N3O3S2. The quantitative estimate of drug-likeness (QED) is 0.447. The van der Waals surface area contributed by atoms with Gasteiger partial charge in [0.2, 0.25) is 0 Å². The first-order valence-corrected chi connectivity index (χ1v) is 10.9. The fraction of sp³-hybridized carbons (Fsp3) is 0.211. The molecule has 0 amide bonds. The summed E-state index contributed by atoms with van der Waals surface area (Å²) < 4.78 is 26.8. The SMILES string of the molecule is Cc1ccc(S(=O)(=O)Cc2nnc(SCC(=O)c3ccccc3)n2C)cc1. The molecule has 0 fully saturated rings. The van der Waals surface area contributed by atoms with Crippen molar-refractivity contribution in [3.05, 3.63) is 71.5 Å². The minimum absolute atomic E-state index is 0.0163. The lowest BCUT2D eigenvalue weighted by molar-refractivity contribution is 0.102. The number of sulfone groups is 1. The van der Waals surface area contributed by atoms with Gasteiger partial charge in [0, 0.05) is 12.6 Å². The molecule has 0 saturated heterocycles. The standard InChI is InChI=1S/C19H19N3O3S2/c1-14-8-10-16(11-9-14)27(24,25)13-18-20-21-19(22(18)2)26-12-17(23)15-6-4-3-5-7-15/h3-11H,12-13H2,1-2H3. The largest absolute Gasteiger partial charge is 0.308 e. The van der Waals surface area contributed by atoms with Crippen molar-refractivity contribution in [2.45, 2.75) is 22.7 Å². The number of hydrogen-bond donors (Lipinski definition) is 0. The predicted molar refractivity (Wildman–Crippen MR) is 105 cm³/mol. The monoisotopic (exact) mass is 401 g/mol. The maximum atomic E-state index is 12.6. The molecule has 3 rings (SSSR count). The summed E-state index contributed by atoms with van der Waals surface area (Å²) in [4.78, 5) is 12.5. The van der Waals surface area contributed by atoms with Gasteiger partial charge in [-0.3, -0.25) is 4.79 Å². The molecule has 1 aromatic heterocycles. The fourth-order valence-corrected chi connectivity index (χ4v) is 4.57. The van der Waals surface area contributed by atoms with Crippen molar-refractivity contribution in [1.82, 2.24) is 14.8 Å². The normalized spacial score (nSPS) is 11.5. The summed E-state index contributed by atoms with van der Waals surface area (Å²) in [5.41, 5.74) is 1.63. The number of aromatic nitrogens is 3. The van der Waals surface area contributed by atoms with Crippen LogP contribution in [0.4, 0.5) is 0 Å². The minimum Gasteiger partial charge on any atom is -0.308 e. The van der Waals surface area contributed by atoms with Gasteiger partial charge in [-0.15, -0.1) is 10.2 Å². The molecule has 1 heterocycles. The Kier molecular flexibility index (Phi) is 5.76. The van der Waals surface area contributed by atoms with E-state index in [2.05, 4.69) is 10.2 Å². The highest BCUT2D eigenvalue weighted by Crippen LogP contribution is 2.21. The van der Waals surface area contributed by atoms with E-state index < -0.39 is 9.84 Å². The van der Waals surface area contributed by atoms with E-state index in [0.29, 0.717) is 16.5 Å². The third-order valence-electron chi connectivity index (χ3n) is 4.05. The Labute approximate surface area is 162 Å². The molecule has 6 nitrogen and oxygen atoms in total. The maximum absolute atomic E-state index is 12.6. The highest BCUT2D eigenvalue weighted by Gasteiger charge is 2.20. The van der Waals surface area contributed by atoms with Crippen LogP contribution < -0.4 is 0 Å². The smallest absolute Gasteiger partial charge is 0.191 e. The number of benzene rings is 2. The molecular weight excluding hydrogens is 382 g/mol. The van der Waals surface area contributed by atoms with Crippen molar-refractivity contribution in [3.8, 4) is 0 Å². The predicted octanol–water partition coefficient (Wildman–Crippen LogP) is 3.07. The Morgan fingerprint density at radius 3 is 2.37 bits per heavy atom. The van der Waals surface area contributed by atoms with Gasteiger partial charge < -0.3 is 4.57 Å². The molecule has 27 heavy (non-hydrogen) atoms. The minimum atomic E-state index is -3.51. The molecule has 2 aromatic carbocycles. The van der Waals surface area contributed by atoms with Crippen molar-refractivity contribution in [2.75, 3.05) is 5.75 Å². The average molecular weight is 402 g/mol. The maximum Gasteiger partial charge on any atom is 0.191 e. The highest BCUT2D eigenvalue weighted by atomic mass is 32.2. The van der Waals surface area contributed by atoms with E-state index in [4.69, 9.17) is 0 Å². The van der Waals surface area contributed by atoms with E-state index >= 15 is 0 Å². The molecule has 0 aliphatic heterocycles. The van der Waals surface area contributed by atoms with Gasteiger partial charge in [0.25, 0.3) is 0 Å². The molecule has 0 spiro atoms. The lowest BCUT2D eigenvalue weighted by Gasteiger charge is -2.06. The Bertz CT molecular complexity index is 1040. The van der Waals surface area contributed by atoms with Crippen molar-refractivity contribution < 1.29 is 13.2 Å². The van der Waals surface area contributed by atoms with Crippen LogP contribution in [0.2, 0.25) is 0 Å². The van der Waals surface area contributed by atoms with Gasteiger partial charge in [0.05, 0.1) is 10.6 Å². The van der Waals surface area contributed by atoms with Gasteiger partial charge >= 0.3 is 0 Å². The number of aryl methyl sites for hydroxylation is 1. The van der Waals surface area contributed by atoms with Crippen LogP contribution in [0, 0.1) is 6.92 Å². The molecule has 0 unspecified atom stereocenters. The summed E-state index contributed by atoms with van der Waals surface area (Å²) in [5, 5.41) is 8.54. The number of ketones is 1. The third kappa shape index (κ3) is 4.64. The number of thioether (sulfide) groups is 1. The summed E-state index contributed by atoms with van der Waals surface area (Å²) in [7, 11) is -1.81. The van der Waals surface area contributed by atoms with Crippen molar-refractivity contribution in [3.63, 3.8) is 0 Å². The second kappa shape index (κ2) is 8.06. The molecule has 0 saturated carbocycles. The first kappa shape index (κ1) is 19.3. The van der Waals surface area contributed by atoms with Gasteiger partial charge in [-0.25, -0.2) is 8.42 Å². The van der Waals surface area contributed by atoms with Crippen molar-refractivity contribution in [2.24, 2.45) is 7.05 Å². The van der Waals surface area contributed by atoms with Crippen molar-refractivity contribution >= 4 is 27.4 Å². The number of Topliss-reactive ketones (excluding diaryl/α,β-unsaturated/α-hetero) is 1. The number of rotatable bonds is 7. The molecule has 0 aliphatic carbocycles. The zero-order chi connectivity index (χ0) is 19.4. The summed E-state index contributed by atoms with van der Waals surface area (Å²) in [5.74, 6) is 0.288. The fourth-order valence-electron chi connectivity index (χ4n) is 2.43. The van der Waals surface area contributed by atoms with Gasteiger partial charge in [-0.05, 0) is 19.1 Å². The van der Waals surface area contributed by atoms with Gasteiger partial charge in [-0.2, -0.15) is 0 Å². The summed E-state index contributed by atoms with van der Waals surface area (Å²) >= 11 is 1.24. The van der Waals surface area contributed by atoms with E-state index in [9.17, 15) is 13.2 Å². The first-order chi connectivity index (χ1) is 12.9. The Morgan fingerprint density at radius 2 is 1.70 bits per heavy atom. The van der Waals surface area contributed by atoms with Crippen LogP contribution in [0.15, 0.2) is 64.6 Å². The lowest BCUT2D eigenvalue weighted by atomic mass is 10.2. The van der Waals surface area contributed by atoms with Gasteiger partial charge in [0.1, 0.15) is 11.6 Å². The van der Waals surface area contributed by atoms with E-state index in [1.54, 1.807) is 48.0 Å². The summed E-state index contributed by atoms with van der Waals surface area (Å²) in [6.07, 6.45) is 0. The van der Waals surface area contributed by atoms with E-state index in [1.165, 1.54) is 11.8 Å². The molecule has 0 aliphatic rings. The van der Waals surface area contributed by atoms with Crippen LogP contribution >= 0.6 is 11.8 Å². The summed E-state index contributed by atoms with van der Waals surface area (Å²) in [6.45, 7) is 1.90. The topological polar surface area (TPSA) is 81.9 Å². The van der Waals surface area contributed by atoms with Crippen LogP contribution in [0.25, 0.3) is 0 Å². The molecule has 140 valence electrons. The van der Waals surface area contributed by atoms with Gasteiger partial charge in [-0.1, -0.05) is 59.8 Å². The van der Waals surface area contributed by atoms with E-state index in [-0.39, 0.29) is 22.2 Å². The average Bonchev–Trinajstić information content (AvgIpc) is 3.00. The first-order valence-electron chi connectivity index (χ1n) is 8.25. The van der Waals surface area contributed by atoms with E-state index in [0.717, 1.165) is 5.56 Å². The van der Waals surface area contributed by atoms with E-state index in [1.807, 2.05) is 25.1 Å². The Balaban J connectivity index is 1.70. The highest BCUT2D eigenvalue weighted by molar-refractivity contribution is 7.99. The van der Waals surface area contributed by atoms with Crippen molar-refractivity contribution in [1.29, 1.82) is 0 Å².